The summed E-state index contributed by atoms with van der Waals surface area (Å²) in [5.41, 5.74) is 2.18. The van der Waals surface area contributed by atoms with E-state index >= 15 is 0 Å². The number of carbonyl (C=O) groups is 2. The van der Waals surface area contributed by atoms with Crippen LogP contribution < -0.4 is 10.2 Å². The van der Waals surface area contributed by atoms with Gasteiger partial charge in [0, 0.05) is 17.5 Å². The average Bonchev–Trinajstić information content (AvgIpc) is 2.74. The number of halogens is 2. The van der Waals surface area contributed by atoms with Crippen LogP contribution in [-0.4, -0.2) is 27.2 Å². The van der Waals surface area contributed by atoms with E-state index in [1.165, 1.54) is 23.1 Å². The number of nitrogens with one attached hydrogen (secondary N) is 1. The van der Waals surface area contributed by atoms with E-state index in [0.29, 0.717) is 16.8 Å². The van der Waals surface area contributed by atoms with Gasteiger partial charge < -0.3 is 15.3 Å². The van der Waals surface area contributed by atoms with E-state index in [2.05, 4.69) is 10.3 Å². The largest absolute Gasteiger partial charge is 0.481 e. The Labute approximate surface area is 197 Å². The maximum atomic E-state index is 12.9. The number of carboxylic acid groups (broad SMARTS) is 1. The number of rotatable bonds is 6. The van der Waals surface area contributed by atoms with Crippen molar-refractivity contribution >= 4 is 73.9 Å². The minimum absolute atomic E-state index is 0.124. The van der Waals surface area contributed by atoms with Crippen LogP contribution in [0.25, 0.3) is 10.8 Å². The van der Waals surface area contributed by atoms with Crippen molar-refractivity contribution in [2.24, 2.45) is 4.99 Å². The fourth-order valence-electron chi connectivity index (χ4n) is 3.73. The second-order valence-corrected chi connectivity index (χ2v) is 8.14. The van der Waals surface area contributed by atoms with Gasteiger partial charge in [0.15, 0.2) is 0 Å². The lowest BCUT2D eigenvalue weighted by Crippen LogP contribution is -2.32. The van der Waals surface area contributed by atoms with E-state index in [0.717, 1.165) is 16.5 Å². The van der Waals surface area contributed by atoms with Gasteiger partial charge in [0.25, 0.3) is 5.69 Å². The van der Waals surface area contributed by atoms with Gasteiger partial charge in [0.05, 0.1) is 33.6 Å². The maximum Gasteiger partial charge on any atom is 0.312 e. The van der Waals surface area contributed by atoms with Crippen LogP contribution >= 0.6 is 23.2 Å². The van der Waals surface area contributed by atoms with Gasteiger partial charge >= 0.3 is 5.97 Å². The number of hydrogen-bond acceptors (Lipinski definition) is 6. The molecule has 1 aliphatic rings. The van der Waals surface area contributed by atoms with Gasteiger partial charge in [-0.1, -0.05) is 29.8 Å². The number of nitrogens with zero attached hydrogens (tertiary/aromatic N) is 3. The third-order valence-corrected chi connectivity index (χ3v) is 5.83. The van der Waals surface area contributed by atoms with Gasteiger partial charge in [0.2, 0.25) is 11.2 Å². The van der Waals surface area contributed by atoms with E-state index in [1.54, 1.807) is 13.0 Å². The Morgan fingerprint density at radius 1 is 1.21 bits per heavy atom. The van der Waals surface area contributed by atoms with Gasteiger partial charge in [-0.05, 0) is 47.2 Å². The fraction of sp³-hybridized carbons (Fsp3) is 0.136. The number of aryl methyl sites for hydroxylation is 1. The third-order valence-electron chi connectivity index (χ3n) is 5.23. The van der Waals surface area contributed by atoms with Crippen molar-refractivity contribution in [1.82, 2.24) is 0 Å². The summed E-state index contributed by atoms with van der Waals surface area (Å²) in [6, 6.07) is 11.3. The van der Waals surface area contributed by atoms with E-state index in [9.17, 15) is 24.8 Å². The molecule has 0 radical (unpaired) electrons. The standard InChI is InChI=1S/C22H16Cl2N4O5/c1-11-5-6-14(28(32)33)8-16(11)27(17(29)9-18(30)31)10-13-7-12-3-2-4-15-19(12)21(20(13)23)26-22(24)25-15/h2-8H,9-10H2,1H3,(H,25,26)(H,30,31). The highest BCUT2D eigenvalue weighted by Crippen LogP contribution is 2.44. The maximum absolute atomic E-state index is 12.9. The second kappa shape index (κ2) is 8.68. The van der Waals surface area contributed by atoms with Crippen LogP contribution in [0.1, 0.15) is 17.5 Å². The molecule has 0 aromatic heterocycles. The number of carbonyl (C=O) groups excluding carboxylic acids is 1. The van der Waals surface area contributed by atoms with E-state index in [4.69, 9.17) is 23.2 Å². The molecule has 9 nitrogen and oxygen atoms in total. The monoisotopic (exact) mass is 486 g/mol. The number of nitro benzene ring substituents is 1. The molecule has 2 N–H and O–H groups in total. The molecule has 33 heavy (non-hydrogen) atoms. The van der Waals surface area contributed by atoms with Crippen LogP contribution in [0.4, 0.5) is 22.7 Å². The molecule has 0 aliphatic carbocycles. The summed E-state index contributed by atoms with van der Waals surface area (Å²) in [5.74, 6) is -2.06. The zero-order valence-corrected chi connectivity index (χ0v) is 18.6. The first-order valence-corrected chi connectivity index (χ1v) is 10.4. The molecule has 1 amide bonds. The molecule has 0 unspecified atom stereocenters. The van der Waals surface area contributed by atoms with Gasteiger partial charge in [0.1, 0.15) is 6.42 Å². The molecule has 11 heteroatoms. The predicted octanol–water partition coefficient (Wildman–Crippen LogP) is 5.37. The number of aliphatic imine (C=N–C) groups is 1. The Morgan fingerprint density at radius 3 is 2.67 bits per heavy atom. The number of amidine groups is 1. The molecule has 3 aromatic carbocycles. The molecule has 0 fully saturated rings. The van der Waals surface area contributed by atoms with Gasteiger partial charge in [-0.15, -0.1) is 0 Å². The van der Waals surface area contributed by atoms with Crippen molar-refractivity contribution in [2.75, 3.05) is 10.2 Å². The lowest BCUT2D eigenvalue weighted by molar-refractivity contribution is -0.384. The molecule has 1 heterocycles. The smallest absolute Gasteiger partial charge is 0.312 e. The summed E-state index contributed by atoms with van der Waals surface area (Å²) < 4.78 is 0. The summed E-state index contributed by atoms with van der Waals surface area (Å²) in [4.78, 5) is 40.4. The first-order chi connectivity index (χ1) is 15.7. The number of benzene rings is 3. The number of anilines is 2. The number of nitro groups is 1. The van der Waals surface area contributed by atoms with Crippen molar-refractivity contribution in [2.45, 2.75) is 19.9 Å². The van der Waals surface area contributed by atoms with Gasteiger partial charge in [-0.25, -0.2) is 4.99 Å². The van der Waals surface area contributed by atoms with Gasteiger partial charge in [-0.2, -0.15) is 0 Å². The van der Waals surface area contributed by atoms with Crippen molar-refractivity contribution in [3.63, 3.8) is 0 Å². The molecule has 4 rings (SSSR count). The molecule has 0 saturated carbocycles. The number of hydrogen-bond donors (Lipinski definition) is 2. The van der Waals surface area contributed by atoms with Crippen LogP contribution in [0.5, 0.6) is 0 Å². The quantitative estimate of drug-likeness (QED) is 0.209. The summed E-state index contributed by atoms with van der Waals surface area (Å²) in [7, 11) is 0. The Bertz CT molecular complexity index is 1370. The van der Waals surface area contributed by atoms with Crippen molar-refractivity contribution in [3.05, 3.63) is 68.7 Å². The summed E-state index contributed by atoms with van der Waals surface area (Å²) in [6.07, 6.45) is -0.793. The first-order valence-electron chi connectivity index (χ1n) is 9.68. The Balaban J connectivity index is 1.87. The van der Waals surface area contributed by atoms with Crippen LogP contribution in [0, 0.1) is 17.0 Å². The second-order valence-electron chi connectivity index (χ2n) is 7.41. The Hall–Kier alpha value is -3.69. The summed E-state index contributed by atoms with van der Waals surface area (Å²) in [5, 5.41) is 25.4. The molecule has 1 aliphatic heterocycles. The van der Waals surface area contributed by atoms with Crippen LogP contribution in [0.2, 0.25) is 5.02 Å². The highest BCUT2D eigenvalue weighted by Gasteiger charge is 2.26. The lowest BCUT2D eigenvalue weighted by atomic mass is 10.0. The average molecular weight is 487 g/mol. The highest BCUT2D eigenvalue weighted by atomic mass is 35.5. The fourth-order valence-corrected chi connectivity index (χ4v) is 4.17. The van der Waals surface area contributed by atoms with Crippen molar-refractivity contribution in [1.29, 1.82) is 0 Å². The van der Waals surface area contributed by atoms with Crippen molar-refractivity contribution in [3.8, 4) is 0 Å². The first kappa shape index (κ1) is 22.5. The molecule has 168 valence electrons. The molecule has 3 aromatic rings. The molecule has 0 atom stereocenters. The molecule has 0 saturated heterocycles. The molecule has 0 spiro atoms. The van der Waals surface area contributed by atoms with Gasteiger partial charge in [-0.3, -0.25) is 19.7 Å². The van der Waals surface area contributed by atoms with Crippen LogP contribution in [-0.2, 0) is 16.1 Å². The van der Waals surface area contributed by atoms with Crippen LogP contribution in [0.15, 0.2) is 47.5 Å². The molecular weight excluding hydrogens is 471 g/mol. The number of carboxylic acids is 1. The number of non-ortho nitro benzene ring substituents is 1. The molecular formula is C22H16Cl2N4O5. The SMILES string of the molecule is Cc1ccc([N+](=O)[O-])cc1N(Cc1cc2cccc3c2c(c1Cl)N=C(Cl)N3)C(=O)CC(=O)O. The van der Waals surface area contributed by atoms with E-state index < -0.39 is 23.2 Å². The van der Waals surface area contributed by atoms with Crippen LogP contribution in [0.3, 0.4) is 0 Å². The van der Waals surface area contributed by atoms with E-state index in [1.807, 2.05) is 18.2 Å². The highest BCUT2D eigenvalue weighted by molar-refractivity contribution is 6.68. The number of amides is 1. The number of aliphatic carboxylic acids is 1. The zero-order chi connectivity index (χ0) is 23.9. The topological polar surface area (TPSA) is 125 Å². The third kappa shape index (κ3) is 4.33. The minimum Gasteiger partial charge on any atom is -0.481 e. The van der Waals surface area contributed by atoms with E-state index in [-0.39, 0.29) is 28.2 Å². The lowest BCUT2D eigenvalue weighted by Gasteiger charge is -2.26. The Morgan fingerprint density at radius 2 is 1.97 bits per heavy atom. The zero-order valence-electron chi connectivity index (χ0n) is 17.1. The Kier molecular flexibility index (Phi) is 5.92. The molecule has 0 bridgehead atoms. The summed E-state index contributed by atoms with van der Waals surface area (Å²) in [6.45, 7) is 1.55. The summed E-state index contributed by atoms with van der Waals surface area (Å²) >= 11 is 12.8. The predicted molar refractivity (Wildman–Crippen MR) is 127 cm³/mol. The minimum atomic E-state index is -1.32. The van der Waals surface area contributed by atoms with Crippen molar-refractivity contribution < 1.29 is 19.6 Å². The normalized spacial score (nSPS) is 12.2.